The minimum Gasteiger partial charge on any atom is -0.482 e. The van der Waals surface area contributed by atoms with Gasteiger partial charge in [0.05, 0.1) is 6.10 Å². The molecule has 1 aromatic heterocycles. The fourth-order valence-corrected chi connectivity index (χ4v) is 4.91. The molecule has 0 saturated heterocycles. The first-order valence-electron chi connectivity index (χ1n) is 10.5. The molecule has 1 saturated carbocycles. The van der Waals surface area contributed by atoms with Crippen LogP contribution in [-0.2, 0) is 9.53 Å². The average Bonchev–Trinajstić information content (AvgIpc) is 2.68. The van der Waals surface area contributed by atoms with Crippen LogP contribution in [0.4, 0.5) is 0 Å². The average molecular weight is 412 g/mol. The van der Waals surface area contributed by atoms with E-state index in [4.69, 9.17) is 13.9 Å². The second-order valence-corrected chi connectivity index (χ2v) is 8.95. The SMILES string of the molecule is CC(=O)O[C@H]1CC(C(C)C)C[C@H]2[C@H](O)c3c(cc(-c4ccccc4)oc3=O)O[C@]12C. The Morgan fingerprint density at radius 1 is 1.23 bits per heavy atom. The van der Waals surface area contributed by atoms with E-state index in [0.717, 1.165) is 5.56 Å². The third-order valence-corrected chi connectivity index (χ3v) is 6.72. The second-order valence-electron chi connectivity index (χ2n) is 8.95. The Morgan fingerprint density at radius 2 is 1.93 bits per heavy atom. The van der Waals surface area contributed by atoms with E-state index < -0.39 is 23.4 Å². The van der Waals surface area contributed by atoms with Gasteiger partial charge < -0.3 is 19.0 Å². The van der Waals surface area contributed by atoms with Crippen LogP contribution in [0.1, 0.15) is 52.2 Å². The maximum absolute atomic E-state index is 12.8. The molecule has 2 aromatic rings. The number of carbonyl (C=O) groups is 1. The Balaban J connectivity index is 1.81. The fraction of sp³-hybridized carbons (Fsp3) is 0.500. The molecule has 1 unspecified atom stereocenters. The number of fused-ring (bicyclic) bond motifs is 2. The van der Waals surface area contributed by atoms with E-state index in [1.54, 1.807) is 6.07 Å². The van der Waals surface area contributed by atoms with E-state index in [2.05, 4.69) is 13.8 Å². The predicted octanol–water partition coefficient (Wildman–Crippen LogP) is 4.11. The molecule has 5 atom stereocenters. The fourth-order valence-electron chi connectivity index (χ4n) is 4.91. The maximum Gasteiger partial charge on any atom is 0.345 e. The minimum atomic E-state index is -1.06. The van der Waals surface area contributed by atoms with Crippen LogP contribution in [0.3, 0.4) is 0 Å². The smallest absolute Gasteiger partial charge is 0.345 e. The zero-order valence-electron chi connectivity index (χ0n) is 17.8. The topological polar surface area (TPSA) is 86.0 Å². The lowest BCUT2D eigenvalue weighted by Gasteiger charge is -2.53. The molecule has 1 aromatic carbocycles. The summed E-state index contributed by atoms with van der Waals surface area (Å²) in [6.07, 6.45) is -0.248. The highest BCUT2D eigenvalue weighted by Crippen LogP contribution is 2.53. The largest absolute Gasteiger partial charge is 0.482 e. The normalized spacial score (nSPS) is 30.2. The van der Waals surface area contributed by atoms with Crippen molar-refractivity contribution in [3.05, 3.63) is 52.4 Å². The Labute approximate surface area is 175 Å². The van der Waals surface area contributed by atoms with Crippen molar-refractivity contribution < 1.29 is 23.8 Å². The highest BCUT2D eigenvalue weighted by atomic mass is 16.6. The van der Waals surface area contributed by atoms with Crippen LogP contribution in [0.2, 0.25) is 0 Å². The number of benzene rings is 1. The Bertz CT molecular complexity index is 995. The first-order valence-corrected chi connectivity index (χ1v) is 10.5. The van der Waals surface area contributed by atoms with E-state index in [1.165, 1.54) is 6.92 Å². The predicted molar refractivity (Wildman–Crippen MR) is 111 cm³/mol. The summed E-state index contributed by atoms with van der Waals surface area (Å²) < 4.78 is 17.6. The molecule has 0 radical (unpaired) electrons. The van der Waals surface area contributed by atoms with Gasteiger partial charge in [-0.3, -0.25) is 4.79 Å². The number of rotatable bonds is 3. The first kappa shape index (κ1) is 20.7. The first-order chi connectivity index (χ1) is 14.2. The molecule has 0 bridgehead atoms. The van der Waals surface area contributed by atoms with Crippen LogP contribution in [-0.4, -0.2) is 22.8 Å². The number of aliphatic hydroxyl groups excluding tert-OH is 1. The molecule has 1 fully saturated rings. The Hall–Kier alpha value is -2.60. The van der Waals surface area contributed by atoms with Crippen LogP contribution in [0.15, 0.2) is 45.6 Å². The van der Waals surface area contributed by atoms with Crippen LogP contribution in [0.5, 0.6) is 5.75 Å². The molecule has 1 aliphatic heterocycles. The standard InChI is InChI=1S/C24H28O6/c1-13(2)16-10-17-22(26)21-19(30-24(17,4)20(11-16)28-14(3)25)12-18(29-23(21)27)15-8-6-5-7-9-15/h5-9,12-13,16-17,20,22,26H,10-11H2,1-4H3/t16?,17-,20-,22-,24-/m0/s1. The monoisotopic (exact) mass is 412 g/mol. The molecule has 6 nitrogen and oxygen atoms in total. The van der Waals surface area contributed by atoms with Gasteiger partial charge in [0.1, 0.15) is 28.8 Å². The van der Waals surface area contributed by atoms with Gasteiger partial charge in [0.25, 0.3) is 0 Å². The molecule has 2 heterocycles. The van der Waals surface area contributed by atoms with E-state index in [9.17, 15) is 14.7 Å². The Morgan fingerprint density at radius 3 is 2.57 bits per heavy atom. The molecular formula is C24H28O6. The summed E-state index contributed by atoms with van der Waals surface area (Å²) in [6, 6.07) is 10.9. The number of hydrogen-bond acceptors (Lipinski definition) is 6. The van der Waals surface area contributed by atoms with E-state index >= 15 is 0 Å². The quantitative estimate of drug-likeness (QED) is 0.764. The molecule has 160 valence electrons. The van der Waals surface area contributed by atoms with E-state index in [0.29, 0.717) is 24.5 Å². The summed E-state index contributed by atoms with van der Waals surface area (Å²) in [5.41, 5.74) is -0.659. The third kappa shape index (κ3) is 3.43. The number of aliphatic hydroxyl groups is 1. The molecular weight excluding hydrogens is 384 g/mol. The van der Waals surface area contributed by atoms with Crippen molar-refractivity contribution in [2.75, 3.05) is 0 Å². The van der Waals surface area contributed by atoms with Gasteiger partial charge in [0.2, 0.25) is 0 Å². The molecule has 30 heavy (non-hydrogen) atoms. The maximum atomic E-state index is 12.8. The van der Waals surface area contributed by atoms with Gasteiger partial charge in [-0.25, -0.2) is 4.79 Å². The van der Waals surface area contributed by atoms with Gasteiger partial charge in [-0.05, 0) is 31.6 Å². The zero-order chi connectivity index (χ0) is 21.6. The van der Waals surface area contributed by atoms with Gasteiger partial charge in [-0.1, -0.05) is 44.2 Å². The van der Waals surface area contributed by atoms with Crippen LogP contribution >= 0.6 is 0 Å². The summed E-state index contributed by atoms with van der Waals surface area (Å²) in [4.78, 5) is 24.7. The minimum absolute atomic E-state index is 0.142. The third-order valence-electron chi connectivity index (χ3n) is 6.72. The highest BCUT2D eigenvalue weighted by molar-refractivity contribution is 5.66. The van der Waals surface area contributed by atoms with Crippen LogP contribution in [0, 0.1) is 17.8 Å². The van der Waals surface area contributed by atoms with Gasteiger partial charge in [0.15, 0.2) is 0 Å². The van der Waals surface area contributed by atoms with Gasteiger partial charge in [-0.2, -0.15) is 0 Å². The van der Waals surface area contributed by atoms with Crippen molar-refractivity contribution in [1.82, 2.24) is 0 Å². The van der Waals surface area contributed by atoms with Crippen molar-refractivity contribution in [3.8, 4) is 17.1 Å². The van der Waals surface area contributed by atoms with Gasteiger partial charge in [-0.15, -0.1) is 0 Å². The number of ether oxygens (including phenoxy) is 2. The molecule has 0 spiro atoms. The number of carbonyl (C=O) groups excluding carboxylic acids is 1. The number of esters is 1. The summed E-state index contributed by atoms with van der Waals surface area (Å²) in [5.74, 6) is 0.470. The molecule has 6 heteroatoms. The van der Waals surface area contributed by atoms with Crippen molar-refractivity contribution in [3.63, 3.8) is 0 Å². The van der Waals surface area contributed by atoms with E-state index in [1.807, 2.05) is 37.3 Å². The molecule has 2 aliphatic rings. The molecule has 0 amide bonds. The van der Waals surface area contributed by atoms with Crippen molar-refractivity contribution in [1.29, 1.82) is 0 Å². The lowest BCUT2D eigenvalue weighted by Crippen LogP contribution is -2.61. The van der Waals surface area contributed by atoms with Crippen LogP contribution in [0.25, 0.3) is 11.3 Å². The summed E-state index contributed by atoms with van der Waals surface area (Å²) in [7, 11) is 0. The summed E-state index contributed by atoms with van der Waals surface area (Å²) in [5, 5.41) is 11.2. The lowest BCUT2D eigenvalue weighted by molar-refractivity contribution is -0.194. The van der Waals surface area contributed by atoms with Crippen molar-refractivity contribution in [2.24, 2.45) is 17.8 Å². The van der Waals surface area contributed by atoms with E-state index in [-0.39, 0.29) is 29.1 Å². The van der Waals surface area contributed by atoms with Gasteiger partial charge >= 0.3 is 11.6 Å². The second kappa shape index (κ2) is 7.58. The lowest BCUT2D eigenvalue weighted by atomic mass is 9.63. The highest BCUT2D eigenvalue weighted by Gasteiger charge is 2.57. The number of hydrogen-bond donors (Lipinski definition) is 1. The molecule has 1 N–H and O–H groups in total. The summed E-state index contributed by atoms with van der Waals surface area (Å²) in [6.45, 7) is 7.48. The molecule has 4 rings (SSSR count). The summed E-state index contributed by atoms with van der Waals surface area (Å²) >= 11 is 0. The van der Waals surface area contributed by atoms with Crippen molar-refractivity contribution >= 4 is 5.97 Å². The van der Waals surface area contributed by atoms with Gasteiger partial charge in [0, 0.05) is 24.5 Å². The molecule has 1 aliphatic carbocycles. The van der Waals surface area contributed by atoms with Crippen molar-refractivity contribution in [2.45, 2.75) is 58.3 Å². The van der Waals surface area contributed by atoms with Crippen LogP contribution < -0.4 is 10.4 Å². The Kier molecular flexibility index (Phi) is 5.22. The zero-order valence-corrected chi connectivity index (χ0v) is 17.8.